The first-order valence-corrected chi connectivity index (χ1v) is 11.6. The molecule has 0 unspecified atom stereocenters. The van der Waals surface area contributed by atoms with Gasteiger partial charge in [0, 0.05) is 31.3 Å². The first kappa shape index (κ1) is 22.7. The van der Waals surface area contributed by atoms with Crippen molar-refractivity contribution in [3.8, 4) is 5.69 Å². The third kappa shape index (κ3) is 4.99. The second-order valence-electron chi connectivity index (χ2n) is 7.01. The number of hydrogen-bond acceptors (Lipinski definition) is 3. The van der Waals surface area contributed by atoms with E-state index in [2.05, 4.69) is 76.9 Å². The molecule has 0 atom stereocenters. The van der Waals surface area contributed by atoms with E-state index in [4.69, 9.17) is 11.6 Å². The molecule has 1 aromatic heterocycles. The van der Waals surface area contributed by atoms with Gasteiger partial charge in [-0.15, -0.1) is 11.8 Å². The summed E-state index contributed by atoms with van der Waals surface area (Å²) in [5.41, 5.74) is 9.30. The minimum Gasteiger partial charge on any atom is -0.316 e. The monoisotopic (exact) mass is 503 g/mol. The molecule has 0 bridgehead atoms. The molecule has 156 valence electrons. The zero-order chi connectivity index (χ0) is 21.8. The molecule has 1 N–H and O–H groups in total. The van der Waals surface area contributed by atoms with Crippen LogP contribution in [-0.2, 0) is 4.79 Å². The standard InChI is InChI=1S/C23H23BrClN3OS/c1-14-6-5-7-15(2)23(14)28-16(3)20(22(24)17(28)4)12-26-27-21(29)13-30-19-10-8-18(25)9-11-19/h5-12H,13H2,1-4H3,(H,27,29)/b26-12-. The van der Waals surface area contributed by atoms with Gasteiger partial charge in [-0.25, -0.2) is 5.43 Å². The number of carbonyl (C=O) groups excluding carboxylic acids is 1. The maximum absolute atomic E-state index is 12.1. The highest BCUT2D eigenvalue weighted by molar-refractivity contribution is 9.10. The van der Waals surface area contributed by atoms with Crippen LogP contribution >= 0.6 is 39.3 Å². The molecule has 0 fully saturated rings. The third-order valence-corrected chi connectivity index (χ3v) is 7.11. The van der Waals surface area contributed by atoms with E-state index in [-0.39, 0.29) is 11.7 Å². The van der Waals surface area contributed by atoms with Gasteiger partial charge in [0.1, 0.15) is 0 Å². The second-order valence-corrected chi connectivity index (χ2v) is 9.29. The Morgan fingerprint density at radius 2 is 1.73 bits per heavy atom. The molecule has 30 heavy (non-hydrogen) atoms. The summed E-state index contributed by atoms with van der Waals surface area (Å²) in [5, 5.41) is 4.86. The third-order valence-electron chi connectivity index (χ3n) is 4.84. The minimum atomic E-state index is -0.161. The lowest BCUT2D eigenvalue weighted by Crippen LogP contribution is -2.19. The van der Waals surface area contributed by atoms with Gasteiger partial charge in [0.05, 0.1) is 17.7 Å². The molecule has 0 saturated carbocycles. The summed E-state index contributed by atoms with van der Waals surface area (Å²) < 4.78 is 3.20. The number of nitrogens with zero attached hydrogens (tertiary/aromatic N) is 2. The number of halogens is 2. The molecule has 0 aliphatic carbocycles. The van der Waals surface area contributed by atoms with Crippen LogP contribution in [-0.4, -0.2) is 22.4 Å². The number of thioether (sulfide) groups is 1. The largest absolute Gasteiger partial charge is 0.316 e. The van der Waals surface area contributed by atoms with E-state index in [0.29, 0.717) is 5.02 Å². The molecule has 1 heterocycles. The molecule has 0 spiro atoms. The number of carbonyl (C=O) groups is 1. The zero-order valence-electron chi connectivity index (χ0n) is 17.3. The molecule has 4 nitrogen and oxygen atoms in total. The Bertz CT molecular complexity index is 1090. The summed E-state index contributed by atoms with van der Waals surface area (Å²) in [6.45, 7) is 8.35. The number of amides is 1. The van der Waals surface area contributed by atoms with Crippen LogP contribution in [0.3, 0.4) is 0 Å². The topological polar surface area (TPSA) is 46.4 Å². The molecule has 1 amide bonds. The van der Waals surface area contributed by atoms with Gasteiger partial charge in [-0.05, 0) is 79.0 Å². The van der Waals surface area contributed by atoms with Crippen LogP contribution in [0.4, 0.5) is 0 Å². The number of benzene rings is 2. The van der Waals surface area contributed by atoms with Gasteiger partial charge >= 0.3 is 0 Å². The molecule has 0 radical (unpaired) electrons. The number of aromatic nitrogens is 1. The number of aryl methyl sites for hydroxylation is 2. The van der Waals surface area contributed by atoms with Crippen LogP contribution in [0.15, 0.2) is 56.9 Å². The van der Waals surface area contributed by atoms with E-state index in [1.54, 1.807) is 6.21 Å². The summed E-state index contributed by atoms with van der Waals surface area (Å²) in [6, 6.07) is 13.7. The average Bonchev–Trinajstić information content (AvgIpc) is 2.91. The zero-order valence-corrected chi connectivity index (χ0v) is 20.5. The fraction of sp³-hybridized carbons (Fsp3) is 0.217. The summed E-state index contributed by atoms with van der Waals surface area (Å²) in [6.07, 6.45) is 1.70. The molecule has 3 aromatic rings. The Balaban J connectivity index is 1.73. The van der Waals surface area contributed by atoms with Crippen molar-refractivity contribution in [3.05, 3.63) is 80.0 Å². The number of hydrazone groups is 1. The maximum atomic E-state index is 12.1. The van der Waals surface area contributed by atoms with E-state index in [1.807, 2.05) is 24.3 Å². The molecule has 2 aromatic carbocycles. The fourth-order valence-corrected chi connectivity index (χ4v) is 4.73. The normalized spacial score (nSPS) is 11.3. The summed E-state index contributed by atoms with van der Waals surface area (Å²) in [4.78, 5) is 13.1. The van der Waals surface area contributed by atoms with Crippen molar-refractivity contribution in [2.45, 2.75) is 32.6 Å². The maximum Gasteiger partial charge on any atom is 0.250 e. The van der Waals surface area contributed by atoms with E-state index in [0.717, 1.165) is 26.3 Å². The van der Waals surface area contributed by atoms with Crippen LogP contribution in [0.1, 0.15) is 28.1 Å². The Morgan fingerprint density at radius 1 is 1.10 bits per heavy atom. The summed E-state index contributed by atoms with van der Waals surface area (Å²) in [5.74, 6) is 0.118. The van der Waals surface area contributed by atoms with E-state index >= 15 is 0 Å². The highest BCUT2D eigenvalue weighted by atomic mass is 79.9. The molecular formula is C23H23BrClN3OS. The van der Waals surface area contributed by atoms with Gasteiger partial charge in [0.25, 0.3) is 0 Å². The van der Waals surface area contributed by atoms with Gasteiger partial charge in [0.2, 0.25) is 5.91 Å². The molecule has 3 rings (SSSR count). The van der Waals surface area contributed by atoms with Crippen molar-refractivity contribution < 1.29 is 4.79 Å². The summed E-state index contributed by atoms with van der Waals surface area (Å²) >= 11 is 11.0. The lowest BCUT2D eigenvalue weighted by molar-refractivity contribution is -0.118. The van der Waals surface area contributed by atoms with Crippen LogP contribution in [0, 0.1) is 27.7 Å². The lowest BCUT2D eigenvalue weighted by Gasteiger charge is -2.15. The van der Waals surface area contributed by atoms with Crippen molar-refractivity contribution in [3.63, 3.8) is 0 Å². The molecule has 0 aliphatic rings. The van der Waals surface area contributed by atoms with Gasteiger partial charge in [-0.3, -0.25) is 4.79 Å². The molecule has 0 saturated heterocycles. The van der Waals surface area contributed by atoms with Crippen molar-refractivity contribution in [1.29, 1.82) is 0 Å². The van der Waals surface area contributed by atoms with Gasteiger partial charge < -0.3 is 4.57 Å². The van der Waals surface area contributed by atoms with E-state index in [1.165, 1.54) is 28.6 Å². The van der Waals surface area contributed by atoms with Gasteiger partial charge in [-0.1, -0.05) is 29.8 Å². The average molecular weight is 505 g/mol. The number of rotatable bonds is 6. The highest BCUT2D eigenvalue weighted by Crippen LogP contribution is 2.32. The second kappa shape index (κ2) is 9.86. The van der Waals surface area contributed by atoms with Gasteiger partial charge in [-0.2, -0.15) is 5.10 Å². The number of para-hydroxylation sites is 1. The quantitative estimate of drug-likeness (QED) is 0.241. The first-order chi connectivity index (χ1) is 14.3. The van der Waals surface area contributed by atoms with Crippen molar-refractivity contribution in [1.82, 2.24) is 9.99 Å². The van der Waals surface area contributed by atoms with Crippen LogP contribution in [0.25, 0.3) is 5.69 Å². The molecular weight excluding hydrogens is 482 g/mol. The smallest absolute Gasteiger partial charge is 0.250 e. The Labute approximate surface area is 194 Å². The SMILES string of the molecule is Cc1cccc(C)c1-n1c(C)c(Br)c(/C=N\NC(=O)CSc2ccc(Cl)cc2)c1C. The van der Waals surface area contributed by atoms with Crippen molar-refractivity contribution >= 4 is 51.4 Å². The number of hydrogen-bond donors (Lipinski definition) is 1. The van der Waals surface area contributed by atoms with Crippen molar-refractivity contribution in [2.75, 3.05) is 5.75 Å². The molecule has 7 heteroatoms. The summed E-state index contributed by atoms with van der Waals surface area (Å²) in [7, 11) is 0. The van der Waals surface area contributed by atoms with Crippen LogP contribution in [0.2, 0.25) is 5.02 Å². The van der Waals surface area contributed by atoms with E-state index in [9.17, 15) is 4.79 Å². The van der Waals surface area contributed by atoms with Crippen LogP contribution < -0.4 is 5.43 Å². The van der Waals surface area contributed by atoms with E-state index < -0.39 is 0 Å². The Morgan fingerprint density at radius 3 is 2.37 bits per heavy atom. The first-order valence-electron chi connectivity index (χ1n) is 9.44. The Kier molecular flexibility index (Phi) is 7.45. The lowest BCUT2D eigenvalue weighted by atomic mass is 10.1. The number of nitrogens with one attached hydrogen (secondary N) is 1. The predicted molar refractivity (Wildman–Crippen MR) is 130 cm³/mol. The van der Waals surface area contributed by atoms with Crippen LogP contribution in [0.5, 0.6) is 0 Å². The molecule has 0 aliphatic heterocycles. The minimum absolute atomic E-state index is 0.161. The predicted octanol–water partition coefficient (Wildman–Crippen LogP) is 6.37. The van der Waals surface area contributed by atoms with Gasteiger partial charge in [0.15, 0.2) is 0 Å². The highest BCUT2D eigenvalue weighted by Gasteiger charge is 2.18. The Hall–Kier alpha value is -2.02. The van der Waals surface area contributed by atoms with Crippen molar-refractivity contribution in [2.24, 2.45) is 5.10 Å². The fourth-order valence-electron chi connectivity index (χ4n) is 3.35.